The minimum Gasteiger partial charge on any atom is -0.480 e. The van der Waals surface area contributed by atoms with Gasteiger partial charge in [-0.05, 0) is 31.5 Å². The molecular formula is C14H20N2O3. The highest BCUT2D eigenvalue weighted by Crippen LogP contribution is 2.29. The molecule has 19 heavy (non-hydrogen) atoms. The molecule has 0 aliphatic heterocycles. The fourth-order valence-corrected chi connectivity index (χ4v) is 1.57. The third-order valence-corrected chi connectivity index (χ3v) is 2.62. The molecule has 1 unspecified atom stereocenters. The topological polar surface area (TPSA) is 64.4 Å². The molecule has 0 spiro atoms. The molecule has 5 nitrogen and oxygen atoms in total. The molecule has 0 saturated heterocycles. The number of nitro groups is 1. The molecule has 0 aromatic heterocycles. The Morgan fingerprint density at radius 2 is 2.32 bits per heavy atom. The molecule has 0 heterocycles. The Morgan fingerprint density at radius 3 is 2.89 bits per heavy atom. The number of nitro benzene ring substituents is 1. The molecule has 1 aromatic rings. The second-order valence-corrected chi connectivity index (χ2v) is 4.29. The number of rotatable bonds is 8. The van der Waals surface area contributed by atoms with Crippen LogP contribution in [0.3, 0.4) is 0 Å². The third-order valence-electron chi connectivity index (χ3n) is 2.62. The molecule has 0 aliphatic carbocycles. The van der Waals surface area contributed by atoms with Crippen molar-refractivity contribution in [1.82, 2.24) is 5.32 Å². The summed E-state index contributed by atoms with van der Waals surface area (Å²) < 4.78 is 5.46. The zero-order valence-electron chi connectivity index (χ0n) is 11.4. The van der Waals surface area contributed by atoms with Gasteiger partial charge in [0, 0.05) is 12.6 Å². The average Bonchev–Trinajstić information content (AvgIpc) is 2.40. The third kappa shape index (κ3) is 4.71. The summed E-state index contributed by atoms with van der Waals surface area (Å²) in [7, 11) is 0. The Hall–Kier alpha value is -1.88. The summed E-state index contributed by atoms with van der Waals surface area (Å²) in [6.45, 7) is 8.96. The van der Waals surface area contributed by atoms with Crippen LogP contribution in [0.4, 0.5) is 5.69 Å². The second-order valence-electron chi connectivity index (χ2n) is 4.29. The van der Waals surface area contributed by atoms with Crippen LogP contribution in [0.15, 0.2) is 30.9 Å². The van der Waals surface area contributed by atoms with E-state index < -0.39 is 4.92 Å². The lowest BCUT2D eigenvalue weighted by Crippen LogP contribution is -2.14. The number of hydrogen-bond donors (Lipinski definition) is 1. The highest BCUT2D eigenvalue weighted by molar-refractivity contribution is 5.48. The lowest BCUT2D eigenvalue weighted by molar-refractivity contribution is -0.386. The van der Waals surface area contributed by atoms with E-state index in [2.05, 4.69) is 18.8 Å². The van der Waals surface area contributed by atoms with Crippen molar-refractivity contribution in [2.75, 3.05) is 6.54 Å². The van der Waals surface area contributed by atoms with Crippen LogP contribution in [0, 0.1) is 10.1 Å². The molecule has 0 radical (unpaired) electrons. The van der Waals surface area contributed by atoms with E-state index in [1.165, 1.54) is 0 Å². The first kappa shape index (κ1) is 15.2. The van der Waals surface area contributed by atoms with E-state index in [0.717, 1.165) is 18.5 Å². The van der Waals surface area contributed by atoms with E-state index >= 15 is 0 Å². The summed E-state index contributed by atoms with van der Waals surface area (Å²) in [5.41, 5.74) is 0.864. The van der Waals surface area contributed by atoms with Crippen molar-refractivity contribution in [2.24, 2.45) is 0 Å². The molecule has 1 rings (SSSR count). The molecular weight excluding hydrogens is 244 g/mol. The van der Waals surface area contributed by atoms with E-state index in [1.54, 1.807) is 25.1 Å². The minimum absolute atomic E-state index is 0.00972. The fraction of sp³-hybridized carbons (Fsp3) is 0.429. The van der Waals surface area contributed by atoms with Gasteiger partial charge in [0.25, 0.3) is 0 Å². The Bertz CT molecular complexity index is 446. The van der Waals surface area contributed by atoms with Crippen molar-refractivity contribution in [2.45, 2.75) is 32.9 Å². The van der Waals surface area contributed by atoms with Gasteiger partial charge >= 0.3 is 5.69 Å². The maximum atomic E-state index is 11.1. The molecule has 0 fully saturated rings. The van der Waals surface area contributed by atoms with Crippen LogP contribution in [0.25, 0.3) is 0 Å². The van der Waals surface area contributed by atoms with Gasteiger partial charge in [0.05, 0.1) is 4.92 Å². The number of hydrogen-bond acceptors (Lipinski definition) is 4. The molecule has 1 aromatic carbocycles. The minimum atomic E-state index is -0.422. The van der Waals surface area contributed by atoms with Crippen LogP contribution in [-0.4, -0.2) is 17.6 Å². The maximum absolute atomic E-state index is 11.1. The quantitative estimate of drug-likeness (QED) is 0.339. The van der Waals surface area contributed by atoms with Gasteiger partial charge < -0.3 is 10.1 Å². The Kier molecular flexibility index (Phi) is 6.02. The monoisotopic (exact) mass is 264 g/mol. The molecule has 1 N–H and O–H groups in total. The highest BCUT2D eigenvalue weighted by Gasteiger charge is 2.17. The zero-order valence-corrected chi connectivity index (χ0v) is 11.4. The van der Waals surface area contributed by atoms with Gasteiger partial charge in [-0.3, -0.25) is 10.1 Å². The van der Waals surface area contributed by atoms with E-state index in [4.69, 9.17) is 4.74 Å². The van der Waals surface area contributed by atoms with Crippen LogP contribution in [-0.2, 0) is 6.54 Å². The van der Waals surface area contributed by atoms with Gasteiger partial charge in [0.15, 0.2) is 5.75 Å². The van der Waals surface area contributed by atoms with Gasteiger partial charge in [-0.25, -0.2) is 0 Å². The van der Waals surface area contributed by atoms with Crippen LogP contribution < -0.4 is 10.1 Å². The number of benzene rings is 1. The van der Waals surface area contributed by atoms with E-state index in [9.17, 15) is 10.1 Å². The number of nitrogens with zero attached hydrogens (tertiary/aromatic N) is 1. The van der Waals surface area contributed by atoms with E-state index in [-0.39, 0.29) is 17.5 Å². The highest BCUT2D eigenvalue weighted by atomic mass is 16.6. The van der Waals surface area contributed by atoms with E-state index in [1.807, 2.05) is 6.07 Å². The van der Waals surface area contributed by atoms with Gasteiger partial charge in [0.2, 0.25) is 0 Å². The van der Waals surface area contributed by atoms with Gasteiger partial charge in [0.1, 0.15) is 6.10 Å². The largest absolute Gasteiger partial charge is 0.480 e. The molecule has 0 bridgehead atoms. The summed E-state index contributed by atoms with van der Waals surface area (Å²) >= 11 is 0. The number of nitrogens with one attached hydrogen (secondary N) is 1. The first-order chi connectivity index (χ1) is 9.08. The standard InChI is InChI=1S/C14H20N2O3/c1-4-8-15-10-12-6-7-14(19-11(3)5-2)13(9-12)16(17)18/h5-7,9,11,15H,2,4,8,10H2,1,3H3. The second kappa shape index (κ2) is 7.53. The maximum Gasteiger partial charge on any atom is 0.311 e. The molecule has 0 saturated carbocycles. The summed E-state index contributed by atoms with van der Waals surface area (Å²) in [6, 6.07) is 5.02. The van der Waals surface area contributed by atoms with Crippen LogP contribution >= 0.6 is 0 Å². The summed E-state index contributed by atoms with van der Waals surface area (Å²) in [4.78, 5) is 10.6. The smallest absolute Gasteiger partial charge is 0.311 e. The zero-order chi connectivity index (χ0) is 14.3. The van der Waals surface area contributed by atoms with Gasteiger partial charge in [-0.2, -0.15) is 0 Å². The van der Waals surface area contributed by atoms with E-state index in [0.29, 0.717) is 6.54 Å². The molecule has 1 atom stereocenters. The summed E-state index contributed by atoms with van der Waals surface area (Å²) in [6.07, 6.45) is 2.36. The first-order valence-electron chi connectivity index (χ1n) is 6.35. The van der Waals surface area contributed by atoms with Crippen molar-refractivity contribution in [1.29, 1.82) is 0 Å². The molecule has 5 heteroatoms. The van der Waals surface area contributed by atoms with Crippen molar-refractivity contribution in [3.05, 3.63) is 46.5 Å². The average molecular weight is 264 g/mol. The molecule has 0 aliphatic rings. The van der Waals surface area contributed by atoms with Crippen molar-refractivity contribution >= 4 is 5.69 Å². The SMILES string of the molecule is C=CC(C)Oc1ccc(CNCCC)cc1[N+](=O)[O-]. The molecule has 0 amide bonds. The Labute approximate surface area is 113 Å². The predicted molar refractivity (Wildman–Crippen MR) is 75.4 cm³/mol. The lowest BCUT2D eigenvalue weighted by atomic mass is 10.2. The predicted octanol–water partition coefficient (Wildman–Crippen LogP) is 3.05. The van der Waals surface area contributed by atoms with Gasteiger partial charge in [-0.15, -0.1) is 0 Å². The van der Waals surface area contributed by atoms with Crippen molar-refractivity contribution in [3.8, 4) is 5.75 Å². The first-order valence-corrected chi connectivity index (χ1v) is 6.35. The lowest BCUT2D eigenvalue weighted by Gasteiger charge is -2.11. The van der Waals surface area contributed by atoms with Crippen LogP contribution in [0.1, 0.15) is 25.8 Å². The van der Waals surface area contributed by atoms with Crippen LogP contribution in [0.5, 0.6) is 5.75 Å². The Balaban J connectivity index is 2.88. The van der Waals surface area contributed by atoms with Crippen molar-refractivity contribution in [3.63, 3.8) is 0 Å². The Morgan fingerprint density at radius 1 is 1.58 bits per heavy atom. The summed E-state index contributed by atoms with van der Waals surface area (Å²) in [5, 5.41) is 14.3. The van der Waals surface area contributed by atoms with Crippen molar-refractivity contribution < 1.29 is 9.66 Å². The molecule has 104 valence electrons. The van der Waals surface area contributed by atoms with Crippen LogP contribution in [0.2, 0.25) is 0 Å². The van der Waals surface area contributed by atoms with Gasteiger partial charge in [-0.1, -0.05) is 25.6 Å². The fourth-order valence-electron chi connectivity index (χ4n) is 1.57. The number of ether oxygens (including phenoxy) is 1. The summed E-state index contributed by atoms with van der Waals surface area (Å²) in [5.74, 6) is 0.275. The normalized spacial score (nSPS) is 11.9.